The van der Waals surface area contributed by atoms with Crippen LogP contribution < -0.4 is 5.32 Å². The van der Waals surface area contributed by atoms with Crippen molar-refractivity contribution in [1.82, 2.24) is 4.98 Å². The van der Waals surface area contributed by atoms with E-state index in [9.17, 15) is 14.4 Å². The number of carbonyl (C=O) groups excluding carboxylic acids is 3. The Morgan fingerprint density at radius 2 is 2.00 bits per heavy atom. The van der Waals surface area contributed by atoms with Crippen LogP contribution in [0.1, 0.15) is 39.4 Å². The number of nitrogens with zero attached hydrogens (tertiary/aromatic N) is 1. The lowest BCUT2D eigenvalue weighted by Gasteiger charge is -2.20. The van der Waals surface area contributed by atoms with E-state index in [-0.39, 0.29) is 5.91 Å². The van der Waals surface area contributed by atoms with Crippen LogP contribution in [0.5, 0.6) is 0 Å². The second-order valence-electron chi connectivity index (χ2n) is 5.37. The summed E-state index contributed by atoms with van der Waals surface area (Å²) in [5.74, 6) is -0.343. The Bertz CT molecular complexity index is 503. The van der Waals surface area contributed by atoms with Crippen molar-refractivity contribution in [3.8, 4) is 0 Å². The zero-order chi connectivity index (χ0) is 15.3. The summed E-state index contributed by atoms with van der Waals surface area (Å²) in [5, 5.41) is 2.51. The van der Waals surface area contributed by atoms with Crippen molar-refractivity contribution in [2.75, 3.05) is 5.32 Å². The predicted molar refractivity (Wildman–Crippen MR) is 72.9 cm³/mol. The molecule has 0 saturated carbocycles. The molecule has 6 nitrogen and oxygen atoms in total. The van der Waals surface area contributed by atoms with Crippen molar-refractivity contribution in [2.45, 2.75) is 33.8 Å². The number of nitrogens with one attached hydrogen (secondary N) is 1. The molecule has 20 heavy (non-hydrogen) atoms. The lowest BCUT2D eigenvalue weighted by atomic mass is 9.97. The normalized spacial score (nSPS) is 12.4. The number of anilines is 1. The van der Waals surface area contributed by atoms with Gasteiger partial charge in [-0.25, -0.2) is 4.98 Å². The molecule has 1 heterocycles. The summed E-state index contributed by atoms with van der Waals surface area (Å²) in [6.45, 7) is 6.48. The SMILES string of the molecule is CC(=O)Nc1ccc(C(C=O)OC(=O)C(C)(C)C)cn1. The number of hydrogen-bond donors (Lipinski definition) is 1. The van der Waals surface area contributed by atoms with E-state index in [4.69, 9.17) is 4.74 Å². The van der Waals surface area contributed by atoms with Crippen molar-refractivity contribution >= 4 is 24.0 Å². The second-order valence-corrected chi connectivity index (χ2v) is 5.37. The molecular weight excluding hydrogens is 260 g/mol. The summed E-state index contributed by atoms with van der Waals surface area (Å²) in [4.78, 5) is 37.7. The molecule has 1 atom stereocenters. The molecule has 0 bridgehead atoms. The number of pyridine rings is 1. The van der Waals surface area contributed by atoms with Crippen LogP contribution in [-0.2, 0) is 19.1 Å². The van der Waals surface area contributed by atoms with Crippen LogP contribution >= 0.6 is 0 Å². The Morgan fingerprint density at radius 1 is 1.35 bits per heavy atom. The molecular formula is C14H18N2O4. The Kier molecular flexibility index (Phi) is 4.96. The zero-order valence-electron chi connectivity index (χ0n) is 12.0. The van der Waals surface area contributed by atoms with Crippen molar-refractivity contribution in [3.05, 3.63) is 23.9 Å². The second kappa shape index (κ2) is 6.27. The van der Waals surface area contributed by atoms with Crippen molar-refractivity contribution in [2.24, 2.45) is 5.41 Å². The molecule has 1 amide bonds. The summed E-state index contributed by atoms with van der Waals surface area (Å²) < 4.78 is 5.14. The highest BCUT2D eigenvalue weighted by Crippen LogP contribution is 2.22. The van der Waals surface area contributed by atoms with Crippen molar-refractivity contribution in [3.63, 3.8) is 0 Å². The van der Waals surface area contributed by atoms with Crippen molar-refractivity contribution < 1.29 is 19.1 Å². The van der Waals surface area contributed by atoms with Crippen LogP contribution in [0.3, 0.4) is 0 Å². The third-order valence-corrected chi connectivity index (χ3v) is 2.39. The highest BCUT2D eigenvalue weighted by Gasteiger charge is 2.27. The number of aromatic nitrogens is 1. The molecule has 0 aromatic carbocycles. The summed E-state index contributed by atoms with van der Waals surface area (Å²) in [6.07, 6.45) is 0.930. The van der Waals surface area contributed by atoms with Crippen LogP contribution in [-0.4, -0.2) is 23.1 Å². The van der Waals surface area contributed by atoms with Gasteiger partial charge in [-0.15, -0.1) is 0 Å². The Balaban J connectivity index is 2.83. The quantitative estimate of drug-likeness (QED) is 0.671. The molecule has 1 unspecified atom stereocenters. The highest BCUT2D eigenvalue weighted by atomic mass is 16.5. The molecule has 0 spiro atoms. The van der Waals surface area contributed by atoms with Gasteiger partial charge in [0.25, 0.3) is 0 Å². The minimum atomic E-state index is -0.999. The molecule has 0 aliphatic rings. The molecule has 0 saturated heterocycles. The first-order valence-corrected chi connectivity index (χ1v) is 6.14. The maximum Gasteiger partial charge on any atom is 0.312 e. The molecule has 0 fully saturated rings. The fraction of sp³-hybridized carbons (Fsp3) is 0.429. The van der Waals surface area contributed by atoms with Crippen LogP contribution in [0.2, 0.25) is 0 Å². The first kappa shape index (κ1) is 15.8. The number of esters is 1. The summed E-state index contributed by atoms with van der Waals surface area (Å²) in [5.41, 5.74) is -0.239. The van der Waals surface area contributed by atoms with Crippen LogP contribution in [0.25, 0.3) is 0 Å². The van der Waals surface area contributed by atoms with E-state index in [0.29, 0.717) is 17.7 Å². The van der Waals surface area contributed by atoms with Crippen LogP contribution in [0.4, 0.5) is 5.82 Å². The van der Waals surface area contributed by atoms with Crippen LogP contribution in [0, 0.1) is 5.41 Å². The van der Waals surface area contributed by atoms with E-state index in [2.05, 4.69) is 10.3 Å². The minimum absolute atomic E-state index is 0.239. The topological polar surface area (TPSA) is 85.4 Å². The minimum Gasteiger partial charge on any atom is -0.449 e. The van der Waals surface area contributed by atoms with E-state index in [1.165, 1.54) is 19.2 Å². The third kappa shape index (κ3) is 4.46. The zero-order valence-corrected chi connectivity index (χ0v) is 12.0. The van der Waals surface area contributed by atoms with Gasteiger partial charge < -0.3 is 10.1 Å². The predicted octanol–water partition coefficient (Wildman–Crippen LogP) is 1.87. The summed E-state index contributed by atoms with van der Waals surface area (Å²) >= 11 is 0. The lowest BCUT2D eigenvalue weighted by Crippen LogP contribution is -2.25. The fourth-order valence-corrected chi connectivity index (χ4v) is 1.29. The maximum absolute atomic E-state index is 11.8. The Labute approximate surface area is 117 Å². The Morgan fingerprint density at radius 3 is 2.40 bits per heavy atom. The van der Waals surface area contributed by atoms with Gasteiger partial charge in [-0.1, -0.05) is 0 Å². The summed E-state index contributed by atoms with van der Waals surface area (Å²) in [6, 6.07) is 3.12. The monoisotopic (exact) mass is 278 g/mol. The fourth-order valence-electron chi connectivity index (χ4n) is 1.29. The number of amides is 1. The number of hydrogen-bond acceptors (Lipinski definition) is 5. The number of aldehydes is 1. The molecule has 108 valence electrons. The Hall–Kier alpha value is -2.24. The molecule has 1 rings (SSSR count). The van der Waals surface area contributed by atoms with E-state index in [1.807, 2.05) is 0 Å². The molecule has 1 aromatic rings. The van der Waals surface area contributed by atoms with E-state index in [0.717, 1.165) is 0 Å². The van der Waals surface area contributed by atoms with Gasteiger partial charge in [0, 0.05) is 18.7 Å². The molecule has 0 aliphatic heterocycles. The third-order valence-electron chi connectivity index (χ3n) is 2.39. The first-order valence-electron chi connectivity index (χ1n) is 6.14. The molecule has 0 aliphatic carbocycles. The van der Waals surface area contributed by atoms with E-state index >= 15 is 0 Å². The van der Waals surface area contributed by atoms with Crippen LogP contribution in [0.15, 0.2) is 18.3 Å². The molecule has 1 aromatic heterocycles. The highest BCUT2D eigenvalue weighted by molar-refractivity contribution is 5.87. The largest absolute Gasteiger partial charge is 0.449 e. The maximum atomic E-state index is 11.8. The van der Waals surface area contributed by atoms with Gasteiger partial charge in [0.15, 0.2) is 12.4 Å². The smallest absolute Gasteiger partial charge is 0.312 e. The van der Waals surface area contributed by atoms with Gasteiger partial charge in [-0.2, -0.15) is 0 Å². The molecule has 1 N–H and O–H groups in total. The van der Waals surface area contributed by atoms with E-state index in [1.54, 1.807) is 26.8 Å². The molecule has 6 heteroatoms. The average Bonchev–Trinajstić information content (AvgIpc) is 2.35. The number of ether oxygens (including phenoxy) is 1. The number of carbonyl (C=O) groups is 3. The van der Waals surface area contributed by atoms with Gasteiger partial charge >= 0.3 is 5.97 Å². The van der Waals surface area contributed by atoms with Gasteiger partial charge in [0.2, 0.25) is 5.91 Å². The van der Waals surface area contributed by atoms with Gasteiger partial charge in [0.05, 0.1) is 5.41 Å². The summed E-state index contributed by atoms with van der Waals surface area (Å²) in [7, 11) is 0. The van der Waals surface area contributed by atoms with Gasteiger partial charge in [-0.3, -0.25) is 14.4 Å². The lowest BCUT2D eigenvalue weighted by molar-refractivity contribution is -0.160. The standard InChI is InChI=1S/C14H18N2O4/c1-9(18)16-12-6-5-10(7-15-12)11(8-17)20-13(19)14(2,3)4/h5-8,11H,1-4H3,(H,15,16,18). The van der Waals surface area contributed by atoms with Gasteiger partial charge in [0.1, 0.15) is 5.82 Å². The molecule has 0 radical (unpaired) electrons. The van der Waals surface area contributed by atoms with E-state index < -0.39 is 17.5 Å². The number of rotatable bonds is 4. The van der Waals surface area contributed by atoms with Crippen molar-refractivity contribution in [1.29, 1.82) is 0 Å². The average molecular weight is 278 g/mol. The van der Waals surface area contributed by atoms with Gasteiger partial charge in [-0.05, 0) is 32.9 Å². The first-order chi connectivity index (χ1) is 9.24.